The lowest BCUT2D eigenvalue weighted by Gasteiger charge is -2.26. The van der Waals surface area contributed by atoms with Gasteiger partial charge in [-0.1, -0.05) is 145 Å². The lowest BCUT2D eigenvalue weighted by Crippen LogP contribution is -2.09. The van der Waals surface area contributed by atoms with Crippen LogP contribution < -0.4 is 4.90 Å². The summed E-state index contributed by atoms with van der Waals surface area (Å²) in [6.45, 7) is 0. The van der Waals surface area contributed by atoms with Crippen molar-refractivity contribution in [1.29, 1.82) is 0 Å². The predicted octanol–water partition coefficient (Wildman–Crippen LogP) is 12.5. The second-order valence-corrected chi connectivity index (χ2v) is 11.2. The molecule has 2 heteroatoms. The van der Waals surface area contributed by atoms with Gasteiger partial charge in [0, 0.05) is 22.1 Å². The smallest absolute Gasteiger partial charge is 0.0462 e. The molecule has 7 aromatic rings. The van der Waals surface area contributed by atoms with Crippen LogP contribution in [0.25, 0.3) is 44.5 Å². The Morgan fingerprint density at radius 1 is 0.250 bits per heavy atom. The van der Waals surface area contributed by atoms with Gasteiger partial charge in [0.05, 0.1) is 0 Å². The number of anilines is 3. The molecule has 210 valence electrons. The standard InChI is InChI=1S/C42H30ClN/c43-39-23-15-35(16-24-39)33-11-13-34(14-12-33)38-21-29-42(30-22-38)44(40-25-17-36(18-26-40)31-7-3-1-4-8-31)41-27-19-37(20-28-41)32-9-5-2-6-10-32/h1-30H. The number of rotatable bonds is 7. The van der Waals surface area contributed by atoms with Gasteiger partial charge in [0.1, 0.15) is 0 Å². The summed E-state index contributed by atoms with van der Waals surface area (Å²) in [6.07, 6.45) is 0. The van der Waals surface area contributed by atoms with Crippen LogP contribution in [0.2, 0.25) is 5.02 Å². The Labute approximate surface area is 264 Å². The first-order chi connectivity index (χ1) is 21.7. The maximum Gasteiger partial charge on any atom is 0.0462 e. The quantitative estimate of drug-likeness (QED) is 0.180. The minimum absolute atomic E-state index is 0.749. The zero-order chi connectivity index (χ0) is 29.7. The van der Waals surface area contributed by atoms with Crippen molar-refractivity contribution < 1.29 is 0 Å². The Morgan fingerprint density at radius 2 is 0.477 bits per heavy atom. The van der Waals surface area contributed by atoms with E-state index in [0.29, 0.717) is 0 Å². The molecule has 0 aliphatic carbocycles. The predicted molar refractivity (Wildman–Crippen MR) is 188 cm³/mol. The van der Waals surface area contributed by atoms with Gasteiger partial charge in [-0.3, -0.25) is 0 Å². The van der Waals surface area contributed by atoms with Crippen LogP contribution >= 0.6 is 11.6 Å². The zero-order valence-corrected chi connectivity index (χ0v) is 24.9. The summed E-state index contributed by atoms with van der Waals surface area (Å²) in [5.41, 5.74) is 12.8. The molecular weight excluding hydrogens is 554 g/mol. The molecule has 0 aromatic heterocycles. The first-order valence-electron chi connectivity index (χ1n) is 14.8. The highest BCUT2D eigenvalue weighted by molar-refractivity contribution is 6.30. The molecule has 0 aliphatic rings. The van der Waals surface area contributed by atoms with Gasteiger partial charge in [-0.25, -0.2) is 0 Å². The van der Waals surface area contributed by atoms with Crippen molar-refractivity contribution in [3.05, 3.63) is 187 Å². The van der Waals surface area contributed by atoms with Gasteiger partial charge in [0.15, 0.2) is 0 Å². The summed E-state index contributed by atoms with van der Waals surface area (Å²) in [7, 11) is 0. The summed E-state index contributed by atoms with van der Waals surface area (Å²) in [6, 6.07) is 64.1. The van der Waals surface area contributed by atoms with E-state index in [1.54, 1.807) is 0 Å². The second-order valence-electron chi connectivity index (χ2n) is 10.8. The van der Waals surface area contributed by atoms with Gasteiger partial charge in [0.2, 0.25) is 0 Å². The third-order valence-corrected chi connectivity index (χ3v) is 8.24. The maximum atomic E-state index is 6.08. The Morgan fingerprint density at radius 3 is 0.773 bits per heavy atom. The van der Waals surface area contributed by atoms with Crippen molar-refractivity contribution >= 4 is 28.7 Å². The fourth-order valence-corrected chi connectivity index (χ4v) is 5.74. The van der Waals surface area contributed by atoms with Crippen molar-refractivity contribution in [3.8, 4) is 44.5 Å². The largest absolute Gasteiger partial charge is 0.311 e. The lowest BCUT2D eigenvalue weighted by molar-refractivity contribution is 1.28. The lowest BCUT2D eigenvalue weighted by atomic mass is 10.00. The van der Waals surface area contributed by atoms with Crippen LogP contribution in [0.3, 0.4) is 0 Å². The molecule has 0 N–H and O–H groups in total. The molecule has 0 atom stereocenters. The van der Waals surface area contributed by atoms with Crippen LogP contribution in [0, 0.1) is 0 Å². The van der Waals surface area contributed by atoms with E-state index in [2.05, 4.69) is 175 Å². The molecule has 0 bridgehead atoms. The van der Waals surface area contributed by atoms with Crippen LogP contribution in [-0.2, 0) is 0 Å². The topological polar surface area (TPSA) is 3.24 Å². The number of hydrogen-bond donors (Lipinski definition) is 0. The van der Waals surface area contributed by atoms with Crippen LogP contribution in [0.5, 0.6) is 0 Å². The zero-order valence-electron chi connectivity index (χ0n) is 24.1. The third-order valence-electron chi connectivity index (χ3n) is 7.99. The van der Waals surface area contributed by atoms with Crippen molar-refractivity contribution in [2.45, 2.75) is 0 Å². The molecule has 0 saturated heterocycles. The molecule has 0 spiro atoms. The van der Waals surface area contributed by atoms with E-state index in [-0.39, 0.29) is 0 Å². The van der Waals surface area contributed by atoms with E-state index in [1.807, 2.05) is 12.1 Å². The van der Waals surface area contributed by atoms with E-state index >= 15 is 0 Å². The van der Waals surface area contributed by atoms with E-state index in [9.17, 15) is 0 Å². The Kier molecular flexibility index (Phi) is 7.78. The monoisotopic (exact) mass is 583 g/mol. The maximum absolute atomic E-state index is 6.08. The Balaban J connectivity index is 1.21. The minimum Gasteiger partial charge on any atom is -0.311 e. The fraction of sp³-hybridized carbons (Fsp3) is 0. The normalized spacial score (nSPS) is 10.8. The average Bonchev–Trinajstić information content (AvgIpc) is 3.11. The summed E-state index contributed by atoms with van der Waals surface area (Å²) in [4.78, 5) is 2.32. The molecule has 0 heterocycles. The molecule has 0 fully saturated rings. The molecule has 7 rings (SSSR count). The highest BCUT2D eigenvalue weighted by Gasteiger charge is 2.14. The van der Waals surface area contributed by atoms with E-state index in [0.717, 1.165) is 27.6 Å². The first kappa shape index (κ1) is 27.5. The molecule has 1 nitrogen and oxygen atoms in total. The number of nitrogens with zero attached hydrogens (tertiary/aromatic N) is 1. The summed E-state index contributed by atoms with van der Waals surface area (Å²) in [5, 5.41) is 0.749. The number of benzene rings is 7. The summed E-state index contributed by atoms with van der Waals surface area (Å²) in [5.74, 6) is 0. The van der Waals surface area contributed by atoms with Gasteiger partial charge in [-0.2, -0.15) is 0 Å². The highest BCUT2D eigenvalue weighted by Crippen LogP contribution is 2.38. The molecule has 0 unspecified atom stereocenters. The molecule has 0 radical (unpaired) electrons. The van der Waals surface area contributed by atoms with Crippen molar-refractivity contribution in [2.24, 2.45) is 0 Å². The molecular formula is C42H30ClN. The summed E-state index contributed by atoms with van der Waals surface area (Å²) >= 11 is 6.08. The first-order valence-corrected chi connectivity index (χ1v) is 15.2. The second kappa shape index (κ2) is 12.5. The molecule has 0 aliphatic heterocycles. The van der Waals surface area contributed by atoms with Gasteiger partial charge in [0.25, 0.3) is 0 Å². The van der Waals surface area contributed by atoms with Gasteiger partial charge >= 0.3 is 0 Å². The van der Waals surface area contributed by atoms with Crippen LogP contribution in [0.1, 0.15) is 0 Å². The minimum atomic E-state index is 0.749. The van der Waals surface area contributed by atoms with Crippen molar-refractivity contribution in [1.82, 2.24) is 0 Å². The SMILES string of the molecule is Clc1ccc(-c2ccc(-c3ccc(N(c4ccc(-c5ccccc5)cc4)c4ccc(-c5ccccc5)cc4)cc3)cc2)cc1. The van der Waals surface area contributed by atoms with Crippen LogP contribution in [0.4, 0.5) is 17.1 Å². The number of halogens is 1. The highest BCUT2D eigenvalue weighted by atomic mass is 35.5. The fourth-order valence-electron chi connectivity index (χ4n) is 5.61. The molecule has 7 aromatic carbocycles. The number of hydrogen-bond acceptors (Lipinski definition) is 1. The van der Waals surface area contributed by atoms with Crippen molar-refractivity contribution in [2.75, 3.05) is 4.90 Å². The van der Waals surface area contributed by atoms with Gasteiger partial charge in [-0.05, 0) is 93.0 Å². The van der Waals surface area contributed by atoms with Gasteiger partial charge in [-0.15, -0.1) is 0 Å². The molecule has 44 heavy (non-hydrogen) atoms. The molecule has 0 amide bonds. The van der Waals surface area contributed by atoms with E-state index in [4.69, 9.17) is 11.6 Å². The van der Waals surface area contributed by atoms with Crippen molar-refractivity contribution in [3.63, 3.8) is 0 Å². The summed E-state index contributed by atoms with van der Waals surface area (Å²) < 4.78 is 0. The van der Waals surface area contributed by atoms with E-state index in [1.165, 1.54) is 38.9 Å². The van der Waals surface area contributed by atoms with Gasteiger partial charge < -0.3 is 4.90 Å². The van der Waals surface area contributed by atoms with Crippen LogP contribution in [-0.4, -0.2) is 0 Å². The molecule has 0 saturated carbocycles. The average molecular weight is 584 g/mol. The Bertz CT molecular complexity index is 1860. The Hall–Kier alpha value is -5.37. The van der Waals surface area contributed by atoms with E-state index < -0.39 is 0 Å². The van der Waals surface area contributed by atoms with Crippen LogP contribution in [0.15, 0.2) is 182 Å². The third kappa shape index (κ3) is 5.92.